The van der Waals surface area contributed by atoms with Crippen LogP contribution in [-0.2, 0) is 0 Å². The number of nitrogen functional groups attached to an aromatic ring is 3. The quantitative estimate of drug-likeness (QED) is 0.477. The van der Waals surface area contributed by atoms with E-state index in [0.29, 0.717) is 40.2 Å². The van der Waals surface area contributed by atoms with Crippen molar-refractivity contribution in [3.8, 4) is 17.2 Å². The summed E-state index contributed by atoms with van der Waals surface area (Å²) in [6, 6.07) is 20.8. The molecule has 7 N–H and O–H groups in total. The molecule has 0 atom stereocenters. The molecule has 30 heavy (non-hydrogen) atoms. The molecule has 0 unspecified atom stereocenters. The maximum Gasteiger partial charge on any atom is 0.247 e. The van der Waals surface area contributed by atoms with E-state index in [1.165, 1.54) is 0 Å². The summed E-state index contributed by atoms with van der Waals surface area (Å²) in [5.74, 6) is 2.21. The number of nitrogens with zero attached hydrogens (tertiary/aromatic N) is 2. The molecule has 0 fully saturated rings. The van der Waals surface area contributed by atoms with Gasteiger partial charge in [-0.15, -0.1) is 0 Å². The number of anilines is 3. The lowest BCUT2D eigenvalue weighted by Gasteiger charge is -2.25. The van der Waals surface area contributed by atoms with Crippen LogP contribution in [0.25, 0.3) is 0 Å². The van der Waals surface area contributed by atoms with Crippen molar-refractivity contribution in [3.05, 3.63) is 84.8 Å². The van der Waals surface area contributed by atoms with E-state index in [1.807, 2.05) is 0 Å². The van der Waals surface area contributed by atoms with Crippen LogP contribution < -0.4 is 36.9 Å². The number of nitrogens with two attached hydrogens (primary N) is 3. The van der Waals surface area contributed by atoms with Crippen molar-refractivity contribution in [2.75, 3.05) is 17.2 Å². The van der Waals surface area contributed by atoms with Gasteiger partial charge in [-0.05, 0) is 78.1 Å². The van der Waals surface area contributed by atoms with Gasteiger partial charge in [0.15, 0.2) is 5.75 Å². The predicted molar refractivity (Wildman–Crippen MR) is 115 cm³/mol. The summed E-state index contributed by atoms with van der Waals surface area (Å²) in [4.78, 5) is 5.72. The van der Waals surface area contributed by atoms with Gasteiger partial charge in [-0.3, -0.25) is 0 Å². The fourth-order valence-corrected chi connectivity index (χ4v) is 2.48. The Morgan fingerprint density at radius 1 is 0.633 bits per heavy atom. The summed E-state index contributed by atoms with van der Waals surface area (Å²) in [5.41, 5.74) is 22.0. The molecule has 0 saturated heterocycles. The molecule has 152 valence electrons. The number of benzene rings is 3. The van der Waals surface area contributed by atoms with Crippen molar-refractivity contribution in [1.82, 2.24) is 10.7 Å². The van der Waals surface area contributed by atoms with E-state index < -0.39 is 0 Å². The number of hydrogen-bond acceptors (Lipinski definition) is 9. The van der Waals surface area contributed by atoms with Crippen LogP contribution in [0.4, 0.5) is 17.1 Å². The number of hydrazone groups is 1. The molecular formula is C21H20N6O3. The van der Waals surface area contributed by atoms with Crippen LogP contribution in [0.15, 0.2) is 89.9 Å². The van der Waals surface area contributed by atoms with E-state index in [2.05, 4.69) is 10.5 Å². The first-order valence-electron chi connectivity index (χ1n) is 9.01. The van der Waals surface area contributed by atoms with Crippen molar-refractivity contribution in [1.29, 1.82) is 0 Å². The molecule has 3 aromatic carbocycles. The molecule has 0 aliphatic carbocycles. The lowest BCUT2D eigenvalue weighted by atomic mass is 10.3. The topological polar surface area (TPSA) is 133 Å². The smallest absolute Gasteiger partial charge is 0.247 e. The minimum absolute atomic E-state index is 0.236. The van der Waals surface area contributed by atoms with Crippen molar-refractivity contribution >= 4 is 23.0 Å². The molecule has 1 aliphatic heterocycles. The molecule has 1 heterocycles. The van der Waals surface area contributed by atoms with Crippen LogP contribution in [0.3, 0.4) is 0 Å². The van der Waals surface area contributed by atoms with Gasteiger partial charge in [0.1, 0.15) is 11.5 Å². The van der Waals surface area contributed by atoms with Crippen LogP contribution in [-0.4, -0.2) is 11.2 Å². The van der Waals surface area contributed by atoms with Gasteiger partial charge < -0.3 is 31.5 Å². The minimum atomic E-state index is 0.236. The fraction of sp³-hybridized carbons (Fsp3) is 0. The van der Waals surface area contributed by atoms with E-state index >= 15 is 0 Å². The molecule has 1 aliphatic rings. The first-order chi connectivity index (χ1) is 14.5. The van der Waals surface area contributed by atoms with Gasteiger partial charge in [-0.1, -0.05) is 5.10 Å². The molecule has 0 spiro atoms. The van der Waals surface area contributed by atoms with Crippen molar-refractivity contribution in [3.63, 3.8) is 0 Å². The number of hydrazine groups is 1. The highest BCUT2D eigenvalue weighted by Gasteiger charge is 2.18. The molecule has 0 amide bonds. The second-order valence-corrected chi connectivity index (χ2v) is 6.33. The number of ether oxygens (including phenoxy) is 2. The highest BCUT2D eigenvalue weighted by Crippen LogP contribution is 2.20. The lowest BCUT2D eigenvalue weighted by molar-refractivity contribution is -0.107. The summed E-state index contributed by atoms with van der Waals surface area (Å²) in [5, 5.41) is 5.41. The fourth-order valence-electron chi connectivity index (χ4n) is 2.48. The van der Waals surface area contributed by atoms with Crippen LogP contribution in [0.1, 0.15) is 0 Å². The van der Waals surface area contributed by atoms with E-state index in [4.69, 9.17) is 31.5 Å². The Labute approximate surface area is 172 Å². The molecule has 0 saturated carbocycles. The van der Waals surface area contributed by atoms with Gasteiger partial charge in [0.05, 0.1) is 6.08 Å². The molecule has 4 rings (SSSR count). The highest BCUT2D eigenvalue weighted by atomic mass is 16.7. The second kappa shape index (κ2) is 8.23. The zero-order valence-electron chi connectivity index (χ0n) is 15.9. The number of nitrogens with one attached hydrogen (secondary N) is 1. The van der Waals surface area contributed by atoms with E-state index in [9.17, 15) is 0 Å². The van der Waals surface area contributed by atoms with Gasteiger partial charge in [-0.25, -0.2) is 5.43 Å². The zero-order valence-corrected chi connectivity index (χ0v) is 15.9. The molecular weight excluding hydrogens is 384 g/mol. The average Bonchev–Trinajstić information content (AvgIpc) is 2.73. The van der Waals surface area contributed by atoms with Crippen LogP contribution in [0, 0.1) is 0 Å². The monoisotopic (exact) mass is 404 g/mol. The van der Waals surface area contributed by atoms with Gasteiger partial charge in [-0.2, -0.15) is 0 Å². The molecule has 9 heteroatoms. The Bertz CT molecular complexity index is 1060. The Morgan fingerprint density at radius 2 is 1.10 bits per heavy atom. The SMILES string of the molecule is Nc1ccc(OC2=CC(Oc3ccc(N)cc3)=NN(Oc3ccc(N)cc3)N2)cc1. The summed E-state index contributed by atoms with van der Waals surface area (Å²) in [6.07, 6.45) is 1.59. The van der Waals surface area contributed by atoms with Crippen molar-refractivity contribution in [2.24, 2.45) is 5.10 Å². The Morgan fingerprint density at radius 3 is 1.63 bits per heavy atom. The molecule has 0 radical (unpaired) electrons. The number of rotatable bonds is 5. The van der Waals surface area contributed by atoms with Gasteiger partial charge in [0.2, 0.25) is 11.8 Å². The Balaban J connectivity index is 1.56. The number of hydrogen-bond donors (Lipinski definition) is 4. The van der Waals surface area contributed by atoms with E-state index in [1.54, 1.807) is 78.9 Å². The zero-order chi connectivity index (χ0) is 20.9. The summed E-state index contributed by atoms with van der Waals surface area (Å²) >= 11 is 0. The average molecular weight is 404 g/mol. The third kappa shape index (κ3) is 4.84. The van der Waals surface area contributed by atoms with Gasteiger partial charge >= 0.3 is 0 Å². The molecule has 3 aromatic rings. The largest absolute Gasteiger partial charge is 0.439 e. The first kappa shape index (κ1) is 18.8. The lowest BCUT2D eigenvalue weighted by Crippen LogP contribution is -2.42. The van der Waals surface area contributed by atoms with Crippen LogP contribution in [0.2, 0.25) is 0 Å². The third-order valence-electron chi connectivity index (χ3n) is 3.93. The maximum atomic E-state index is 5.86. The standard InChI is InChI=1S/C21H20N6O3/c22-14-1-7-17(8-2-14)28-20-13-21(29-18-9-3-15(23)4-10-18)26-27(25-20)30-19-11-5-16(24)6-12-19/h1-13,25H,22-24H2. The minimum Gasteiger partial charge on any atom is -0.439 e. The van der Waals surface area contributed by atoms with E-state index in [-0.39, 0.29) is 5.90 Å². The van der Waals surface area contributed by atoms with Gasteiger partial charge in [0.25, 0.3) is 0 Å². The first-order valence-corrected chi connectivity index (χ1v) is 9.01. The molecule has 9 nitrogen and oxygen atoms in total. The van der Waals surface area contributed by atoms with Gasteiger partial charge in [0, 0.05) is 17.1 Å². The Kier molecular flexibility index (Phi) is 5.16. The molecule has 0 bridgehead atoms. The summed E-state index contributed by atoms with van der Waals surface area (Å²) < 4.78 is 11.7. The summed E-state index contributed by atoms with van der Waals surface area (Å²) in [6.45, 7) is 0. The normalized spacial score (nSPS) is 13.0. The summed E-state index contributed by atoms with van der Waals surface area (Å²) in [7, 11) is 0. The van der Waals surface area contributed by atoms with Crippen LogP contribution in [0.5, 0.6) is 17.2 Å². The van der Waals surface area contributed by atoms with Crippen molar-refractivity contribution < 1.29 is 14.3 Å². The Hall–Kier alpha value is -4.53. The maximum absolute atomic E-state index is 5.86. The predicted octanol–water partition coefficient (Wildman–Crippen LogP) is 2.86. The highest BCUT2D eigenvalue weighted by molar-refractivity contribution is 5.90. The van der Waals surface area contributed by atoms with Crippen LogP contribution >= 0.6 is 0 Å². The van der Waals surface area contributed by atoms with Crippen molar-refractivity contribution in [2.45, 2.75) is 0 Å². The second-order valence-electron chi connectivity index (χ2n) is 6.33. The third-order valence-corrected chi connectivity index (χ3v) is 3.93. The van der Waals surface area contributed by atoms with E-state index in [0.717, 1.165) is 5.28 Å². The molecule has 0 aromatic heterocycles.